The van der Waals surface area contributed by atoms with Gasteiger partial charge in [0.05, 0.1) is 12.6 Å². The fraction of sp³-hybridized carbons (Fsp3) is 0.857. The Hall–Kier alpha value is -0.500. The van der Waals surface area contributed by atoms with Gasteiger partial charge in [0.15, 0.2) is 0 Å². The van der Waals surface area contributed by atoms with Gasteiger partial charge in [0.25, 0.3) is 0 Å². The molecule has 0 aromatic heterocycles. The van der Waals surface area contributed by atoms with Gasteiger partial charge in [0.2, 0.25) is 0 Å². The first-order valence-electron chi connectivity index (χ1n) is 6.96. The van der Waals surface area contributed by atoms with Crippen LogP contribution in [0.15, 0.2) is 11.8 Å². The third kappa shape index (κ3) is 3.24. The Balaban J connectivity index is 1.85. The predicted molar refractivity (Wildman–Crippen MR) is 67.3 cm³/mol. The summed E-state index contributed by atoms with van der Waals surface area (Å²) in [4.78, 5) is 0. The van der Waals surface area contributed by atoms with Crippen LogP contribution in [0.3, 0.4) is 0 Å². The maximum atomic E-state index is 5.72. The number of nitrogens with one attached hydrogen (secondary N) is 1. The minimum absolute atomic E-state index is 0.491. The van der Waals surface area contributed by atoms with Crippen molar-refractivity contribution in [2.75, 3.05) is 13.2 Å². The third-order valence-electron chi connectivity index (χ3n) is 3.76. The molecular formula is C14H25NO. The summed E-state index contributed by atoms with van der Waals surface area (Å²) in [5.41, 5.74) is 0. The van der Waals surface area contributed by atoms with Crippen molar-refractivity contribution in [3.05, 3.63) is 11.8 Å². The fourth-order valence-electron chi connectivity index (χ4n) is 2.88. The summed E-state index contributed by atoms with van der Waals surface area (Å²) >= 11 is 0. The summed E-state index contributed by atoms with van der Waals surface area (Å²) in [5, 5.41) is 3.64. The molecule has 92 valence electrons. The van der Waals surface area contributed by atoms with E-state index < -0.39 is 0 Å². The Labute approximate surface area is 99.4 Å². The normalized spacial score (nSPS) is 23.2. The molecule has 0 radical (unpaired) electrons. The third-order valence-corrected chi connectivity index (χ3v) is 3.76. The molecule has 2 rings (SSSR count). The van der Waals surface area contributed by atoms with Crippen LogP contribution < -0.4 is 5.32 Å². The van der Waals surface area contributed by atoms with Gasteiger partial charge in [-0.15, -0.1) is 0 Å². The Bertz CT molecular complexity index is 231. The van der Waals surface area contributed by atoms with Gasteiger partial charge in [-0.05, 0) is 31.4 Å². The van der Waals surface area contributed by atoms with Crippen LogP contribution in [0.4, 0.5) is 0 Å². The molecule has 0 spiro atoms. The van der Waals surface area contributed by atoms with Gasteiger partial charge >= 0.3 is 0 Å². The van der Waals surface area contributed by atoms with E-state index in [0.29, 0.717) is 6.04 Å². The lowest BCUT2D eigenvalue weighted by Crippen LogP contribution is -2.33. The standard InChI is InChI=1S/C14H25NO/c1-2-9-15-13(14-8-5-10-16-14)11-12-6-3-4-7-12/h8,12-13,15H,2-7,9-11H2,1H3. The monoisotopic (exact) mass is 223 g/mol. The van der Waals surface area contributed by atoms with E-state index in [1.807, 2.05) is 0 Å². The molecule has 1 atom stereocenters. The van der Waals surface area contributed by atoms with E-state index in [9.17, 15) is 0 Å². The molecule has 0 aromatic rings. The van der Waals surface area contributed by atoms with Gasteiger partial charge in [-0.2, -0.15) is 0 Å². The van der Waals surface area contributed by atoms with Crippen LogP contribution in [0.25, 0.3) is 0 Å². The van der Waals surface area contributed by atoms with Crippen molar-refractivity contribution in [2.45, 2.75) is 57.9 Å². The second-order valence-corrected chi connectivity index (χ2v) is 5.14. The minimum atomic E-state index is 0.491. The molecule has 0 saturated heterocycles. The molecule has 1 aliphatic heterocycles. The molecule has 1 unspecified atom stereocenters. The van der Waals surface area contributed by atoms with Crippen LogP contribution in [-0.2, 0) is 4.74 Å². The first-order chi connectivity index (χ1) is 7.90. The maximum absolute atomic E-state index is 5.72. The first kappa shape index (κ1) is 12.0. The highest BCUT2D eigenvalue weighted by molar-refractivity contribution is 5.07. The van der Waals surface area contributed by atoms with Crippen LogP contribution in [0.5, 0.6) is 0 Å². The van der Waals surface area contributed by atoms with E-state index >= 15 is 0 Å². The van der Waals surface area contributed by atoms with E-state index in [4.69, 9.17) is 4.74 Å². The van der Waals surface area contributed by atoms with E-state index in [1.54, 1.807) is 0 Å². The van der Waals surface area contributed by atoms with Crippen LogP contribution in [0.1, 0.15) is 51.9 Å². The van der Waals surface area contributed by atoms with Crippen molar-refractivity contribution < 1.29 is 4.74 Å². The van der Waals surface area contributed by atoms with Crippen molar-refractivity contribution in [2.24, 2.45) is 5.92 Å². The summed E-state index contributed by atoms with van der Waals surface area (Å²) < 4.78 is 5.72. The molecular weight excluding hydrogens is 198 g/mol. The molecule has 1 aliphatic carbocycles. The molecule has 16 heavy (non-hydrogen) atoms. The summed E-state index contributed by atoms with van der Waals surface area (Å²) in [5.74, 6) is 2.15. The highest BCUT2D eigenvalue weighted by Gasteiger charge is 2.24. The molecule has 2 aliphatic rings. The Morgan fingerprint density at radius 2 is 2.25 bits per heavy atom. The smallest absolute Gasteiger partial charge is 0.109 e. The molecule has 1 heterocycles. The van der Waals surface area contributed by atoms with E-state index in [-0.39, 0.29) is 0 Å². The quantitative estimate of drug-likeness (QED) is 0.746. The summed E-state index contributed by atoms with van der Waals surface area (Å²) in [6.07, 6.45) is 11.6. The number of rotatable bonds is 6. The van der Waals surface area contributed by atoms with Crippen molar-refractivity contribution in [1.29, 1.82) is 0 Å². The zero-order valence-electron chi connectivity index (χ0n) is 10.5. The van der Waals surface area contributed by atoms with Crippen LogP contribution in [0.2, 0.25) is 0 Å². The highest BCUT2D eigenvalue weighted by Crippen LogP contribution is 2.31. The van der Waals surface area contributed by atoms with Crippen molar-refractivity contribution in [3.8, 4) is 0 Å². The second kappa shape index (κ2) is 6.29. The minimum Gasteiger partial charge on any atom is -0.496 e. The summed E-state index contributed by atoms with van der Waals surface area (Å²) in [7, 11) is 0. The zero-order chi connectivity index (χ0) is 11.2. The van der Waals surface area contributed by atoms with Gasteiger partial charge in [-0.3, -0.25) is 0 Å². The molecule has 2 heteroatoms. The predicted octanol–water partition coefficient (Wildman–Crippen LogP) is 3.24. The van der Waals surface area contributed by atoms with Crippen molar-refractivity contribution in [3.63, 3.8) is 0 Å². The van der Waals surface area contributed by atoms with Gasteiger partial charge < -0.3 is 10.1 Å². The van der Waals surface area contributed by atoms with Crippen LogP contribution >= 0.6 is 0 Å². The lowest BCUT2D eigenvalue weighted by Gasteiger charge is -2.22. The number of ether oxygens (including phenoxy) is 1. The average Bonchev–Trinajstić information content (AvgIpc) is 2.96. The molecule has 0 amide bonds. The van der Waals surface area contributed by atoms with Gasteiger partial charge in [-0.1, -0.05) is 32.6 Å². The SMILES string of the molecule is CCCNC(CC1CCCC1)C1=CCCO1. The number of hydrogen-bond donors (Lipinski definition) is 1. The van der Waals surface area contributed by atoms with Crippen LogP contribution in [0, 0.1) is 5.92 Å². The summed E-state index contributed by atoms with van der Waals surface area (Å²) in [6, 6.07) is 0.491. The van der Waals surface area contributed by atoms with Crippen LogP contribution in [-0.4, -0.2) is 19.2 Å². The van der Waals surface area contributed by atoms with Gasteiger partial charge in [0, 0.05) is 6.42 Å². The topological polar surface area (TPSA) is 21.3 Å². The fourth-order valence-corrected chi connectivity index (χ4v) is 2.88. The lowest BCUT2D eigenvalue weighted by molar-refractivity contribution is 0.204. The van der Waals surface area contributed by atoms with Crippen molar-refractivity contribution in [1.82, 2.24) is 5.32 Å². The molecule has 2 nitrogen and oxygen atoms in total. The number of hydrogen-bond acceptors (Lipinski definition) is 2. The van der Waals surface area contributed by atoms with E-state index in [2.05, 4.69) is 18.3 Å². The average molecular weight is 223 g/mol. The molecule has 1 N–H and O–H groups in total. The molecule has 0 bridgehead atoms. The Morgan fingerprint density at radius 3 is 2.88 bits per heavy atom. The van der Waals surface area contributed by atoms with E-state index in [1.165, 1.54) is 44.3 Å². The van der Waals surface area contributed by atoms with Crippen molar-refractivity contribution >= 4 is 0 Å². The molecule has 1 saturated carbocycles. The Kier molecular flexibility index (Phi) is 4.70. The highest BCUT2D eigenvalue weighted by atomic mass is 16.5. The first-order valence-corrected chi connectivity index (χ1v) is 6.96. The largest absolute Gasteiger partial charge is 0.496 e. The molecule has 1 fully saturated rings. The lowest BCUT2D eigenvalue weighted by atomic mass is 9.97. The van der Waals surface area contributed by atoms with E-state index in [0.717, 1.165) is 25.5 Å². The zero-order valence-corrected chi connectivity index (χ0v) is 10.5. The summed E-state index contributed by atoms with van der Waals surface area (Å²) in [6.45, 7) is 4.23. The maximum Gasteiger partial charge on any atom is 0.109 e. The van der Waals surface area contributed by atoms with Gasteiger partial charge in [0.1, 0.15) is 5.76 Å². The molecule has 0 aromatic carbocycles. The Morgan fingerprint density at radius 1 is 1.44 bits per heavy atom. The second-order valence-electron chi connectivity index (χ2n) is 5.14. The van der Waals surface area contributed by atoms with Gasteiger partial charge in [-0.25, -0.2) is 0 Å².